The maximum absolute atomic E-state index is 11.0. The molecule has 2 atom stereocenters. The third-order valence-electron chi connectivity index (χ3n) is 4.44. The first kappa shape index (κ1) is 10.3. The molecule has 2 aliphatic rings. The molecule has 2 fully saturated rings. The molecule has 2 saturated carbocycles. The van der Waals surface area contributed by atoms with Crippen molar-refractivity contribution in [1.82, 2.24) is 0 Å². The van der Waals surface area contributed by atoms with Crippen LogP contribution in [0, 0.1) is 11.8 Å². The second-order valence-corrected chi connectivity index (χ2v) is 5.56. The molecule has 0 aliphatic heterocycles. The lowest BCUT2D eigenvalue weighted by molar-refractivity contribution is -0.109. The van der Waals surface area contributed by atoms with Crippen molar-refractivity contribution in [3.63, 3.8) is 0 Å². The molecule has 0 spiro atoms. The highest BCUT2D eigenvalue weighted by Gasteiger charge is 2.60. The number of aldehydes is 1. The molecule has 0 aromatic heterocycles. The van der Waals surface area contributed by atoms with Crippen molar-refractivity contribution in [1.29, 1.82) is 0 Å². The maximum Gasteiger partial charge on any atom is 0.124 e. The molecule has 0 amide bonds. The standard InChI is InChI=1S/C14H15ClO/c15-13-6-4-11(5-7-13)14(8-12(14)9-16)10-2-1-3-10/h4-7,9-10,12H,1-3,8H2. The van der Waals surface area contributed by atoms with Gasteiger partial charge >= 0.3 is 0 Å². The second kappa shape index (κ2) is 3.59. The fourth-order valence-electron chi connectivity index (χ4n) is 3.20. The highest BCUT2D eigenvalue weighted by atomic mass is 35.5. The Morgan fingerprint density at radius 2 is 1.94 bits per heavy atom. The van der Waals surface area contributed by atoms with Crippen LogP contribution in [-0.4, -0.2) is 6.29 Å². The summed E-state index contributed by atoms with van der Waals surface area (Å²) in [4.78, 5) is 11.0. The number of halogens is 1. The molecule has 1 aromatic carbocycles. The lowest BCUT2D eigenvalue weighted by Crippen LogP contribution is -2.29. The zero-order valence-electron chi connectivity index (χ0n) is 9.16. The van der Waals surface area contributed by atoms with Gasteiger partial charge in [-0.2, -0.15) is 0 Å². The summed E-state index contributed by atoms with van der Waals surface area (Å²) in [6.45, 7) is 0. The number of benzene rings is 1. The van der Waals surface area contributed by atoms with Gasteiger partial charge in [0.1, 0.15) is 6.29 Å². The molecule has 16 heavy (non-hydrogen) atoms. The molecule has 0 N–H and O–H groups in total. The molecule has 1 aromatic rings. The Morgan fingerprint density at radius 1 is 1.25 bits per heavy atom. The Kier molecular flexibility index (Phi) is 2.32. The van der Waals surface area contributed by atoms with Gasteiger partial charge in [-0.1, -0.05) is 30.2 Å². The van der Waals surface area contributed by atoms with Gasteiger partial charge in [0.05, 0.1) is 0 Å². The normalized spacial score (nSPS) is 33.2. The third-order valence-corrected chi connectivity index (χ3v) is 4.69. The van der Waals surface area contributed by atoms with Gasteiger partial charge < -0.3 is 4.79 Å². The fraction of sp³-hybridized carbons (Fsp3) is 0.500. The second-order valence-electron chi connectivity index (χ2n) is 5.12. The van der Waals surface area contributed by atoms with Crippen LogP contribution < -0.4 is 0 Å². The summed E-state index contributed by atoms with van der Waals surface area (Å²) in [5, 5.41) is 0.774. The average molecular weight is 235 g/mol. The van der Waals surface area contributed by atoms with Crippen molar-refractivity contribution >= 4 is 17.9 Å². The van der Waals surface area contributed by atoms with Gasteiger partial charge in [0.25, 0.3) is 0 Å². The molecule has 0 radical (unpaired) electrons. The molecule has 0 saturated heterocycles. The Morgan fingerprint density at radius 3 is 2.38 bits per heavy atom. The van der Waals surface area contributed by atoms with Crippen LogP contribution in [0.4, 0.5) is 0 Å². The molecule has 0 heterocycles. The Labute approximate surface area is 101 Å². The minimum atomic E-state index is 0.171. The molecule has 84 valence electrons. The third kappa shape index (κ3) is 1.34. The van der Waals surface area contributed by atoms with E-state index in [1.165, 1.54) is 24.8 Å². The predicted octanol–water partition coefficient (Wildman–Crippen LogP) is 3.60. The average Bonchev–Trinajstić information content (AvgIpc) is 2.92. The van der Waals surface area contributed by atoms with Gasteiger partial charge in [-0.15, -0.1) is 0 Å². The summed E-state index contributed by atoms with van der Waals surface area (Å²) in [7, 11) is 0. The molecule has 1 nitrogen and oxygen atoms in total. The number of rotatable bonds is 3. The summed E-state index contributed by atoms with van der Waals surface area (Å²) in [5.74, 6) is 0.975. The van der Waals surface area contributed by atoms with Crippen molar-refractivity contribution < 1.29 is 4.79 Å². The number of hydrogen-bond donors (Lipinski definition) is 0. The van der Waals surface area contributed by atoms with E-state index in [-0.39, 0.29) is 11.3 Å². The molecule has 2 aliphatic carbocycles. The summed E-state index contributed by atoms with van der Waals surface area (Å²) in [6, 6.07) is 8.09. The van der Waals surface area contributed by atoms with Crippen LogP contribution >= 0.6 is 11.6 Å². The maximum atomic E-state index is 11.0. The van der Waals surface area contributed by atoms with E-state index in [0.29, 0.717) is 0 Å². The molecule has 3 rings (SSSR count). The molecular formula is C14H15ClO. The molecule has 2 heteroatoms. The zero-order valence-corrected chi connectivity index (χ0v) is 9.91. The topological polar surface area (TPSA) is 17.1 Å². The Hall–Kier alpha value is -0.820. The van der Waals surface area contributed by atoms with Crippen LogP contribution in [0.1, 0.15) is 31.2 Å². The highest BCUT2D eigenvalue weighted by molar-refractivity contribution is 6.30. The van der Waals surface area contributed by atoms with E-state index in [1.54, 1.807) is 0 Å². The van der Waals surface area contributed by atoms with Gasteiger partial charge in [-0.25, -0.2) is 0 Å². The molecule has 0 bridgehead atoms. The number of hydrogen-bond acceptors (Lipinski definition) is 1. The minimum absolute atomic E-state index is 0.171. The van der Waals surface area contributed by atoms with Gasteiger partial charge in [0, 0.05) is 16.4 Å². The van der Waals surface area contributed by atoms with Crippen LogP contribution in [-0.2, 0) is 10.2 Å². The van der Waals surface area contributed by atoms with E-state index in [0.717, 1.165) is 23.6 Å². The van der Waals surface area contributed by atoms with Crippen LogP contribution in [0.15, 0.2) is 24.3 Å². The van der Waals surface area contributed by atoms with E-state index in [1.807, 2.05) is 12.1 Å². The molecule has 2 unspecified atom stereocenters. The first-order chi connectivity index (χ1) is 7.77. The van der Waals surface area contributed by atoms with E-state index in [2.05, 4.69) is 12.1 Å². The fourth-order valence-corrected chi connectivity index (χ4v) is 3.32. The van der Waals surface area contributed by atoms with E-state index >= 15 is 0 Å². The van der Waals surface area contributed by atoms with Crippen molar-refractivity contribution in [3.05, 3.63) is 34.9 Å². The monoisotopic (exact) mass is 234 g/mol. The predicted molar refractivity (Wildman–Crippen MR) is 64.6 cm³/mol. The van der Waals surface area contributed by atoms with Crippen molar-refractivity contribution in [3.8, 4) is 0 Å². The quantitative estimate of drug-likeness (QED) is 0.731. The van der Waals surface area contributed by atoms with E-state index < -0.39 is 0 Å². The van der Waals surface area contributed by atoms with Crippen LogP contribution in [0.2, 0.25) is 5.02 Å². The van der Waals surface area contributed by atoms with Gasteiger partial charge in [-0.05, 0) is 42.9 Å². The van der Waals surface area contributed by atoms with Crippen LogP contribution in [0.25, 0.3) is 0 Å². The largest absolute Gasteiger partial charge is 0.303 e. The Balaban J connectivity index is 1.95. The van der Waals surface area contributed by atoms with Crippen molar-refractivity contribution in [2.24, 2.45) is 11.8 Å². The Bertz CT molecular complexity index is 407. The van der Waals surface area contributed by atoms with Crippen molar-refractivity contribution in [2.75, 3.05) is 0 Å². The first-order valence-electron chi connectivity index (χ1n) is 5.99. The SMILES string of the molecule is O=CC1CC1(c1ccc(Cl)cc1)C1CCC1. The number of carbonyl (C=O) groups is 1. The highest BCUT2D eigenvalue weighted by Crippen LogP contribution is 2.63. The van der Waals surface area contributed by atoms with Gasteiger partial charge in [0.15, 0.2) is 0 Å². The van der Waals surface area contributed by atoms with E-state index in [4.69, 9.17) is 11.6 Å². The van der Waals surface area contributed by atoms with Crippen LogP contribution in [0.3, 0.4) is 0 Å². The van der Waals surface area contributed by atoms with Gasteiger partial charge in [0.2, 0.25) is 0 Å². The summed E-state index contributed by atoms with van der Waals surface area (Å²) >= 11 is 5.91. The first-order valence-corrected chi connectivity index (χ1v) is 6.36. The van der Waals surface area contributed by atoms with Gasteiger partial charge in [-0.3, -0.25) is 0 Å². The minimum Gasteiger partial charge on any atom is -0.303 e. The number of carbonyl (C=O) groups excluding carboxylic acids is 1. The summed E-state index contributed by atoms with van der Waals surface area (Å²) < 4.78 is 0. The smallest absolute Gasteiger partial charge is 0.124 e. The zero-order chi connectivity index (χ0) is 11.2. The summed E-state index contributed by atoms with van der Waals surface area (Å²) in [5.41, 5.74) is 1.49. The lowest BCUT2D eigenvalue weighted by atomic mass is 9.69. The van der Waals surface area contributed by atoms with Crippen LogP contribution in [0.5, 0.6) is 0 Å². The van der Waals surface area contributed by atoms with E-state index in [9.17, 15) is 4.79 Å². The lowest BCUT2D eigenvalue weighted by Gasteiger charge is -2.35. The summed E-state index contributed by atoms with van der Waals surface area (Å²) in [6.07, 6.45) is 6.08. The molecular weight excluding hydrogens is 220 g/mol. The van der Waals surface area contributed by atoms with Crippen molar-refractivity contribution in [2.45, 2.75) is 31.1 Å².